The smallest absolute Gasteiger partial charge is 0.228 e. The first kappa shape index (κ1) is 15.6. The number of rotatable bonds is 5. The molecule has 0 fully saturated rings. The van der Waals surface area contributed by atoms with Crippen LogP contribution < -0.4 is 10.2 Å². The van der Waals surface area contributed by atoms with E-state index >= 15 is 0 Å². The summed E-state index contributed by atoms with van der Waals surface area (Å²) in [5.74, 6) is -0.425. The summed E-state index contributed by atoms with van der Waals surface area (Å²) in [6.45, 7) is 9.05. The maximum absolute atomic E-state index is 13.7. The molecule has 0 aliphatic carbocycles. The molecule has 0 aromatic heterocycles. The van der Waals surface area contributed by atoms with Gasteiger partial charge in [-0.05, 0) is 39.8 Å². The van der Waals surface area contributed by atoms with Gasteiger partial charge in [0.15, 0.2) is 0 Å². The van der Waals surface area contributed by atoms with E-state index in [0.717, 1.165) is 0 Å². The van der Waals surface area contributed by atoms with E-state index in [1.807, 2.05) is 27.7 Å². The summed E-state index contributed by atoms with van der Waals surface area (Å²) in [6.07, 6.45) is 0.361. The number of carbonyl (C=O) groups excluding carboxylic acids is 1. The predicted molar refractivity (Wildman–Crippen MR) is 76.8 cm³/mol. The Hall–Kier alpha value is -1.42. The van der Waals surface area contributed by atoms with Gasteiger partial charge >= 0.3 is 0 Å². The lowest BCUT2D eigenvalue weighted by molar-refractivity contribution is -0.118. The Morgan fingerprint density at radius 3 is 2.47 bits per heavy atom. The molecule has 0 bridgehead atoms. The number of benzene rings is 1. The molecule has 0 aliphatic heterocycles. The molecule has 0 atom stereocenters. The Labute approximate surface area is 114 Å². The summed E-state index contributed by atoms with van der Waals surface area (Å²) in [5, 5.41) is 3.26. The highest BCUT2D eigenvalue weighted by Crippen LogP contribution is 2.19. The van der Waals surface area contributed by atoms with Crippen molar-refractivity contribution in [1.82, 2.24) is 5.32 Å². The number of hydrogen-bond acceptors (Lipinski definition) is 2. The second-order valence-corrected chi connectivity index (χ2v) is 5.52. The standard InChI is InChI=1S/C15H23FN2O/c1-5-18(13-9-7-6-8-12(13)16)14(19)10-11-17-15(2,3)4/h6-9,17H,5,10-11H2,1-4H3. The van der Waals surface area contributed by atoms with E-state index < -0.39 is 0 Å². The second-order valence-electron chi connectivity index (χ2n) is 5.52. The fourth-order valence-corrected chi connectivity index (χ4v) is 1.83. The van der Waals surface area contributed by atoms with Crippen LogP contribution in [0.5, 0.6) is 0 Å². The van der Waals surface area contributed by atoms with Gasteiger partial charge in [-0.2, -0.15) is 0 Å². The number of para-hydroxylation sites is 1. The van der Waals surface area contributed by atoms with E-state index in [1.54, 1.807) is 18.2 Å². The number of hydrogen-bond donors (Lipinski definition) is 1. The lowest BCUT2D eigenvalue weighted by atomic mass is 10.1. The van der Waals surface area contributed by atoms with Crippen LogP contribution in [0, 0.1) is 5.82 Å². The molecule has 0 heterocycles. The van der Waals surface area contributed by atoms with Gasteiger partial charge in [-0.3, -0.25) is 4.79 Å². The molecular weight excluding hydrogens is 243 g/mol. The van der Waals surface area contributed by atoms with Gasteiger partial charge in [-0.15, -0.1) is 0 Å². The normalized spacial score (nSPS) is 11.4. The molecule has 1 aromatic carbocycles. The lowest BCUT2D eigenvalue weighted by Gasteiger charge is -2.24. The van der Waals surface area contributed by atoms with Crippen LogP contribution in [0.3, 0.4) is 0 Å². The maximum Gasteiger partial charge on any atom is 0.228 e. The highest BCUT2D eigenvalue weighted by molar-refractivity contribution is 5.93. The van der Waals surface area contributed by atoms with Crippen LogP contribution >= 0.6 is 0 Å². The number of anilines is 1. The lowest BCUT2D eigenvalue weighted by Crippen LogP contribution is -2.39. The molecule has 0 saturated carbocycles. The van der Waals surface area contributed by atoms with Gasteiger partial charge < -0.3 is 10.2 Å². The van der Waals surface area contributed by atoms with Crippen molar-refractivity contribution in [3.63, 3.8) is 0 Å². The Morgan fingerprint density at radius 1 is 1.32 bits per heavy atom. The van der Waals surface area contributed by atoms with Crippen LogP contribution in [-0.4, -0.2) is 24.5 Å². The molecule has 3 nitrogen and oxygen atoms in total. The van der Waals surface area contributed by atoms with Gasteiger partial charge in [-0.1, -0.05) is 12.1 Å². The summed E-state index contributed by atoms with van der Waals surface area (Å²) in [7, 11) is 0. The van der Waals surface area contributed by atoms with Crippen LogP contribution in [0.25, 0.3) is 0 Å². The van der Waals surface area contributed by atoms with E-state index in [9.17, 15) is 9.18 Å². The molecule has 1 aromatic rings. The minimum atomic E-state index is -0.360. The molecule has 0 radical (unpaired) electrons. The van der Waals surface area contributed by atoms with Crippen LogP contribution in [0.15, 0.2) is 24.3 Å². The molecule has 0 saturated heterocycles. The number of nitrogens with zero attached hydrogens (tertiary/aromatic N) is 1. The van der Waals surface area contributed by atoms with Crippen molar-refractivity contribution < 1.29 is 9.18 Å². The molecule has 1 amide bonds. The van der Waals surface area contributed by atoms with Crippen molar-refractivity contribution in [2.75, 3.05) is 18.0 Å². The maximum atomic E-state index is 13.7. The zero-order chi connectivity index (χ0) is 14.5. The van der Waals surface area contributed by atoms with E-state index in [1.165, 1.54) is 11.0 Å². The SMILES string of the molecule is CCN(C(=O)CCNC(C)(C)C)c1ccccc1F. The number of carbonyl (C=O) groups is 1. The average molecular weight is 266 g/mol. The zero-order valence-electron chi connectivity index (χ0n) is 12.2. The quantitative estimate of drug-likeness (QED) is 0.888. The van der Waals surface area contributed by atoms with E-state index in [4.69, 9.17) is 0 Å². The molecule has 1 rings (SSSR count). The number of nitrogens with one attached hydrogen (secondary N) is 1. The van der Waals surface area contributed by atoms with Crippen LogP contribution in [-0.2, 0) is 4.79 Å². The largest absolute Gasteiger partial charge is 0.312 e. The second kappa shape index (κ2) is 6.66. The summed E-state index contributed by atoms with van der Waals surface area (Å²) >= 11 is 0. The van der Waals surface area contributed by atoms with Crippen molar-refractivity contribution in [3.8, 4) is 0 Å². The third kappa shape index (κ3) is 4.99. The molecule has 19 heavy (non-hydrogen) atoms. The van der Waals surface area contributed by atoms with E-state index in [-0.39, 0.29) is 17.3 Å². The Bertz CT molecular complexity index is 426. The van der Waals surface area contributed by atoms with Crippen molar-refractivity contribution in [3.05, 3.63) is 30.1 Å². The van der Waals surface area contributed by atoms with Crippen LogP contribution in [0.2, 0.25) is 0 Å². The minimum absolute atomic E-state index is 0.0185. The molecule has 1 N–H and O–H groups in total. The Balaban J connectivity index is 2.65. The van der Waals surface area contributed by atoms with Gasteiger partial charge in [-0.25, -0.2) is 4.39 Å². The van der Waals surface area contributed by atoms with Crippen molar-refractivity contribution in [1.29, 1.82) is 0 Å². The molecule has 106 valence electrons. The fraction of sp³-hybridized carbons (Fsp3) is 0.533. The van der Waals surface area contributed by atoms with Crippen molar-refractivity contribution in [2.24, 2.45) is 0 Å². The average Bonchev–Trinajstić information content (AvgIpc) is 2.31. The zero-order valence-corrected chi connectivity index (χ0v) is 12.2. The molecule has 4 heteroatoms. The molecule has 0 spiro atoms. The van der Waals surface area contributed by atoms with Crippen molar-refractivity contribution >= 4 is 11.6 Å². The van der Waals surface area contributed by atoms with E-state index in [2.05, 4.69) is 5.32 Å². The third-order valence-electron chi connectivity index (χ3n) is 2.75. The highest BCUT2D eigenvalue weighted by Gasteiger charge is 2.17. The van der Waals surface area contributed by atoms with Gasteiger partial charge in [0, 0.05) is 25.0 Å². The summed E-state index contributed by atoms with van der Waals surface area (Å²) in [4.78, 5) is 13.6. The third-order valence-corrected chi connectivity index (χ3v) is 2.75. The Kier molecular flexibility index (Phi) is 5.48. The fourth-order valence-electron chi connectivity index (χ4n) is 1.83. The first-order chi connectivity index (χ1) is 8.85. The van der Waals surface area contributed by atoms with Crippen molar-refractivity contribution in [2.45, 2.75) is 39.7 Å². The van der Waals surface area contributed by atoms with Gasteiger partial charge in [0.1, 0.15) is 5.82 Å². The Morgan fingerprint density at radius 2 is 1.95 bits per heavy atom. The molecular formula is C15H23FN2O. The molecule has 0 aliphatic rings. The number of amides is 1. The first-order valence-electron chi connectivity index (χ1n) is 6.65. The van der Waals surface area contributed by atoms with Gasteiger partial charge in [0.05, 0.1) is 5.69 Å². The first-order valence-corrected chi connectivity index (χ1v) is 6.65. The van der Waals surface area contributed by atoms with Crippen LogP contribution in [0.4, 0.5) is 10.1 Å². The van der Waals surface area contributed by atoms with E-state index in [0.29, 0.717) is 25.2 Å². The summed E-state index contributed by atoms with van der Waals surface area (Å²) in [5.41, 5.74) is 0.334. The highest BCUT2D eigenvalue weighted by atomic mass is 19.1. The van der Waals surface area contributed by atoms with Gasteiger partial charge in [0.2, 0.25) is 5.91 Å². The van der Waals surface area contributed by atoms with Crippen LogP contribution in [0.1, 0.15) is 34.1 Å². The van der Waals surface area contributed by atoms with Gasteiger partial charge in [0.25, 0.3) is 0 Å². The number of halogens is 1. The monoisotopic (exact) mass is 266 g/mol. The summed E-state index contributed by atoms with van der Waals surface area (Å²) < 4.78 is 13.7. The predicted octanol–water partition coefficient (Wildman–Crippen LogP) is 2.96. The topological polar surface area (TPSA) is 32.3 Å². The minimum Gasteiger partial charge on any atom is -0.312 e. The molecule has 0 unspecified atom stereocenters. The summed E-state index contributed by atoms with van der Waals surface area (Å²) in [6, 6.07) is 6.37.